The molecule has 3 aromatic rings. The zero-order chi connectivity index (χ0) is 23.0. The summed E-state index contributed by atoms with van der Waals surface area (Å²) < 4.78 is 14.7. The molecule has 0 nitrogen and oxygen atoms in total. The second kappa shape index (κ2) is 11.8. The maximum Gasteiger partial charge on any atom is 0.131 e. The first-order valence-corrected chi connectivity index (χ1v) is 13.1. The van der Waals surface area contributed by atoms with Crippen molar-refractivity contribution in [2.24, 2.45) is 11.8 Å². The Bertz CT molecular complexity index is 998. The van der Waals surface area contributed by atoms with Crippen molar-refractivity contribution >= 4 is 11.6 Å². The second-order valence-electron chi connectivity index (χ2n) is 9.85. The van der Waals surface area contributed by atoms with Gasteiger partial charge in [-0.05, 0) is 84.4 Å². The van der Waals surface area contributed by atoms with E-state index in [-0.39, 0.29) is 5.82 Å². The van der Waals surface area contributed by atoms with Crippen LogP contribution in [0.1, 0.15) is 68.6 Å². The standard InChI is InChI=1S/C31H36ClF/c1-2-3-23-4-6-24(7-5-23)8-9-25-10-12-26(13-11-25)14-15-27-16-21-30(31(33)22-27)28-17-19-29(32)20-18-28/h4-7,16-22,25-26H,2-3,8-15H2,1H3/t25-,26-. The van der Waals surface area contributed by atoms with Crippen molar-refractivity contribution in [1.29, 1.82) is 0 Å². The van der Waals surface area contributed by atoms with Gasteiger partial charge in [-0.2, -0.15) is 0 Å². The Hall–Kier alpha value is -2.12. The van der Waals surface area contributed by atoms with Crippen LogP contribution in [0.15, 0.2) is 66.7 Å². The molecule has 0 amide bonds. The molecule has 0 bridgehead atoms. The molecule has 0 radical (unpaired) electrons. The molecule has 3 aromatic carbocycles. The van der Waals surface area contributed by atoms with Crippen molar-refractivity contribution in [3.05, 3.63) is 94.3 Å². The van der Waals surface area contributed by atoms with Gasteiger partial charge >= 0.3 is 0 Å². The third kappa shape index (κ3) is 6.93. The molecule has 0 N–H and O–H groups in total. The molecule has 1 saturated carbocycles. The van der Waals surface area contributed by atoms with Crippen molar-refractivity contribution in [2.75, 3.05) is 0 Å². The van der Waals surface area contributed by atoms with E-state index in [0.717, 1.165) is 29.4 Å². The lowest BCUT2D eigenvalue weighted by atomic mass is 9.77. The first-order chi connectivity index (χ1) is 16.1. The third-order valence-corrected chi connectivity index (χ3v) is 7.65. The predicted molar refractivity (Wildman–Crippen MR) is 139 cm³/mol. The number of hydrogen-bond acceptors (Lipinski definition) is 0. The summed E-state index contributed by atoms with van der Waals surface area (Å²) in [4.78, 5) is 0. The molecule has 174 valence electrons. The number of aryl methyl sites for hydroxylation is 3. The molecular weight excluding hydrogens is 427 g/mol. The van der Waals surface area contributed by atoms with E-state index < -0.39 is 0 Å². The predicted octanol–water partition coefficient (Wildman–Crippen LogP) is 9.47. The van der Waals surface area contributed by atoms with Gasteiger partial charge in [-0.3, -0.25) is 0 Å². The minimum absolute atomic E-state index is 0.138. The van der Waals surface area contributed by atoms with E-state index in [2.05, 4.69) is 37.3 Å². The van der Waals surface area contributed by atoms with Gasteiger partial charge in [0.05, 0.1) is 0 Å². The summed E-state index contributed by atoms with van der Waals surface area (Å²) in [5.74, 6) is 1.52. The number of halogens is 2. The maximum absolute atomic E-state index is 14.7. The van der Waals surface area contributed by atoms with Gasteiger partial charge in [0.15, 0.2) is 0 Å². The maximum atomic E-state index is 14.7. The van der Waals surface area contributed by atoms with Crippen molar-refractivity contribution in [3.8, 4) is 11.1 Å². The van der Waals surface area contributed by atoms with E-state index in [1.165, 1.54) is 68.9 Å². The monoisotopic (exact) mass is 462 g/mol. The van der Waals surface area contributed by atoms with E-state index in [1.54, 1.807) is 6.07 Å². The van der Waals surface area contributed by atoms with Gasteiger partial charge in [0, 0.05) is 10.6 Å². The summed E-state index contributed by atoms with van der Waals surface area (Å²) in [6, 6.07) is 22.4. The topological polar surface area (TPSA) is 0 Å². The normalized spacial score (nSPS) is 18.4. The molecule has 1 aliphatic rings. The van der Waals surface area contributed by atoms with Crippen LogP contribution >= 0.6 is 11.6 Å². The van der Waals surface area contributed by atoms with Crippen molar-refractivity contribution in [2.45, 2.75) is 71.1 Å². The highest BCUT2D eigenvalue weighted by Crippen LogP contribution is 2.34. The van der Waals surface area contributed by atoms with Crippen LogP contribution in [0.2, 0.25) is 5.02 Å². The average molecular weight is 463 g/mol. The quantitative estimate of drug-likeness (QED) is 0.297. The molecule has 0 aliphatic heterocycles. The van der Waals surface area contributed by atoms with Crippen molar-refractivity contribution < 1.29 is 4.39 Å². The van der Waals surface area contributed by atoms with Gasteiger partial charge in [-0.25, -0.2) is 4.39 Å². The molecular formula is C31H36ClF. The van der Waals surface area contributed by atoms with Crippen LogP contribution in [0.3, 0.4) is 0 Å². The van der Waals surface area contributed by atoms with Crippen LogP contribution in [0.25, 0.3) is 11.1 Å². The molecule has 0 unspecified atom stereocenters. The van der Waals surface area contributed by atoms with E-state index in [4.69, 9.17) is 11.6 Å². The lowest BCUT2D eigenvalue weighted by molar-refractivity contribution is 0.253. The largest absolute Gasteiger partial charge is 0.206 e. The molecule has 0 heterocycles. The third-order valence-electron chi connectivity index (χ3n) is 7.40. The van der Waals surface area contributed by atoms with Gasteiger partial charge in [-0.15, -0.1) is 0 Å². The summed E-state index contributed by atoms with van der Waals surface area (Å²) in [6.45, 7) is 2.24. The lowest BCUT2D eigenvalue weighted by Gasteiger charge is -2.28. The number of benzene rings is 3. The van der Waals surface area contributed by atoms with Crippen molar-refractivity contribution in [3.63, 3.8) is 0 Å². The van der Waals surface area contributed by atoms with E-state index in [1.807, 2.05) is 30.3 Å². The van der Waals surface area contributed by atoms with Crippen molar-refractivity contribution in [1.82, 2.24) is 0 Å². The van der Waals surface area contributed by atoms with Crippen LogP contribution in [0.5, 0.6) is 0 Å². The van der Waals surface area contributed by atoms with Crippen LogP contribution in [0.4, 0.5) is 4.39 Å². The average Bonchev–Trinajstić information content (AvgIpc) is 2.84. The molecule has 1 aliphatic carbocycles. The summed E-state index contributed by atoms with van der Waals surface area (Å²) in [7, 11) is 0. The minimum Gasteiger partial charge on any atom is -0.206 e. The van der Waals surface area contributed by atoms with Crippen LogP contribution in [-0.4, -0.2) is 0 Å². The summed E-state index contributed by atoms with van der Waals surface area (Å²) in [5.41, 5.74) is 5.58. The zero-order valence-corrected chi connectivity index (χ0v) is 20.6. The van der Waals surface area contributed by atoms with E-state index in [0.29, 0.717) is 10.6 Å². The van der Waals surface area contributed by atoms with Crippen LogP contribution in [0, 0.1) is 17.7 Å². The van der Waals surface area contributed by atoms with Gasteiger partial charge in [0.1, 0.15) is 5.82 Å². The molecule has 1 fully saturated rings. The van der Waals surface area contributed by atoms with Gasteiger partial charge in [0.2, 0.25) is 0 Å². The second-order valence-corrected chi connectivity index (χ2v) is 10.3. The molecule has 0 spiro atoms. The zero-order valence-electron chi connectivity index (χ0n) is 19.8. The van der Waals surface area contributed by atoms with Crippen LogP contribution in [-0.2, 0) is 19.3 Å². The fraction of sp³-hybridized carbons (Fsp3) is 0.419. The summed E-state index contributed by atoms with van der Waals surface area (Å²) in [6.07, 6.45) is 12.4. The number of rotatable bonds is 9. The summed E-state index contributed by atoms with van der Waals surface area (Å²) >= 11 is 5.95. The molecule has 33 heavy (non-hydrogen) atoms. The molecule has 0 saturated heterocycles. The Labute approximate surface area is 204 Å². The first kappa shape index (κ1) is 24.0. The highest BCUT2D eigenvalue weighted by atomic mass is 35.5. The first-order valence-electron chi connectivity index (χ1n) is 12.7. The van der Waals surface area contributed by atoms with E-state index in [9.17, 15) is 4.39 Å². The Morgan fingerprint density at radius 1 is 0.697 bits per heavy atom. The van der Waals surface area contributed by atoms with Crippen LogP contribution < -0.4 is 0 Å². The van der Waals surface area contributed by atoms with Gasteiger partial charge < -0.3 is 0 Å². The van der Waals surface area contributed by atoms with Gasteiger partial charge in [0.25, 0.3) is 0 Å². The SMILES string of the molecule is CCCc1ccc(CC[C@H]2CC[C@H](CCc3ccc(-c4ccc(Cl)cc4)c(F)c3)CC2)cc1. The van der Waals surface area contributed by atoms with E-state index >= 15 is 0 Å². The number of hydrogen-bond donors (Lipinski definition) is 0. The van der Waals surface area contributed by atoms with Gasteiger partial charge in [-0.1, -0.05) is 99.2 Å². The molecule has 4 rings (SSSR count). The fourth-order valence-electron chi connectivity index (χ4n) is 5.29. The smallest absolute Gasteiger partial charge is 0.131 e. The Balaban J connectivity index is 1.20. The summed E-state index contributed by atoms with van der Waals surface area (Å²) in [5, 5.41) is 0.673. The Morgan fingerprint density at radius 2 is 1.21 bits per heavy atom. The minimum atomic E-state index is -0.138. The molecule has 2 heteroatoms. The molecule has 0 aromatic heterocycles. The highest BCUT2D eigenvalue weighted by Gasteiger charge is 2.21. The Morgan fingerprint density at radius 3 is 1.76 bits per heavy atom. The fourth-order valence-corrected chi connectivity index (χ4v) is 5.42. The Kier molecular flexibility index (Phi) is 8.62. The lowest BCUT2D eigenvalue weighted by Crippen LogP contribution is -2.15. The highest BCUT2D eigenvalue weighted by molar-refractivity contribution is 6.30. The molecule has 0 atom stereocenters.